The topological polar surface area (TPSA) is 123 Å². The third-order valence-electron chi connectivity index (χ3n) is 1.66. The Kier molecular flexibility index (Phi) is 3.06. The molecule has 16 heavy (non-hydrogen) atoms. The monoisotopic (exact) mass is 248 g/mol. The van der Waals surface area contributed by atoms with Gasteiger partial charge in [-0.1, -0.05) is 0 Å². The Morgan fingerprint density at radius 3 is 2.44 bits per heavy atom. The zero-order valence-corrected chi connectivity index (χ0v) is 8.50. The molecule has 9 heteroatoms. The predicted octanol–water partition coefficient (Wildman–Crippen LogP) is 0.120. The van der Waals surface area contributed by atoms with Gasteiger partial charge in [-0.3, -0.25) is 0 Å². The molecule has 86 valence electrons. The van der Waals surface area contributed by atoms with Gasteiger partial charge in [0.1, 0.15) is 11.8 Å². The fraction of sp³-hybridized carbons (Fsp3) is 0.143. The average molecular weight is 248 g/mol. The Bertz CT molecular complexity index is 564. The lowest BCUT2D eigenvalue weighted by atomic mass is 10.2. The highest BCUT2D eigenvalue weighted by atomic mass is 32.2. The van der Waals surface area contributed by atoms with Crippen molar-refractivity contribution >= 4 is 15.7 Å². The van der Waals surface area contributed by atoms with Crippen LogP contribution in [-0.2, 0) is 10.0 Å². The number of nitrogen functional groups attached to an aromatic ring is 1. The smallest absolute Gasteiger partial charge is 0.280 e. The van der Waals surface area contributed by atoms with Crippen LogP contribution >= 0.6 is 0 Å². The molecule has 1 aromatic rings. The lowest BCUT2D eigenvalue weighted by Gasteiger charge is -2.07. The zero-order valence-electron chi connectivity index (χ0n) is 7.68. The van der Waals surface area contributed by atoms with E-state index in [1.54, 1.807) is 0 Å². The van der Waals surface area contributed by atoms with Gasteiger partial charge in [0.05, 0.1) is 11.3 Å². The van der Waals surface area contributed by atoms with Crippen molar-refractivity contribution in [3.63, 3.8) is 0 Å². The summed E-state index contributed by atoms with van der Waals surface area (Å²) >= 11 is 0. The molecule has 0 atom stereocenters. The van der Waals surface area contributed by atoms with E-state index < -0.39 is 38.4 Å². The maximum atomic E-state index is 12.3. The molecular formula is C7H6F2N4O2S. The Hall–Kier alpha value is -1.79. The Balaban J connectivity index is 3.63. The first kappa shape index (κ1) is 12.3. The summed E-state index contributed by atoms with van der Waals surface area (Å²) in [6, 6.07) is 2.20. The summed E-state index contributed by atoms with van der Waals surface area (Å²) in [5.41, 5.74) is 3.45. The first-order chi connectivity index (χ1) is 7.27. The molecule has 0 aromatic carbocycles. The highest BCUT2D eigenvalue weighted by Crippen LogP contribution is 2.25. The van der Waals surface area contributed by atoms with E-state index in [-0.39, 0.29) is 0 Å². The lowest BCUT2D eigenvalue weighted by molar-refractivity contribution is 0.145. The second-order valence-corrected chi connectivity index (χ2v) is 4.25. The summed E-state index contributed by atoms with van der Waals surface area (Å²) in [7, 11) is -4.34. The molecule has 6 nitrogen and oxygen atoms in total. The number of nitrogens with two attached hydrogens (primary N) is 2. The predicted molar refractivity (Wildman–Crippen MR) is 49.7 cm³/mol. The number of alkyl halides is 2. The molecule has 1 heterocycles. The summed E-state index contributed by atoms with van der Waals surface area (Å²) in [5, 5.41) is 12.4. The van der Waals surface area contributed by atoms with E-state index in [1.807, 2.05) is 0 Å². The van der Waals surface area contributed by atoms with Crippen molar-refractivity contribution in [3.05, 3.63) is 17.3 Å². The van der Waals surface area contributed by atoms with Gasteiger partial charge in [0, 0.05) is 0 Å². The maximum Gasteiger partial charge on any atom is 0.280 e. The van der Waals surface area contributed by atoms with Crippen molar-refractivity contribution in [1.29, 1.82) is 5.26 Å². The molecule has 0 aliphatic rings. The summed E-state index contributed by atoms with van der Waals surface area (Å²) < 4.78 is 46.6. The first-order valence-electron chi connectivity index (χ1n) is 3.79. The molecule has 0 fully saturated rings. The lowest BCUT2D eigenvalue weighted by Crippen LogP contribution is -2.18. The number of halogens is 2. The van der Waals surface area contributed by atoms with E-state index in [0.717, 1.165) is 0 Å². The molecule has 1 rings (SSSR count). The van der Waals surface area contributed by atoms with Gasteiger partial charge in [0.15, 0.2) is 5.03 Å². The van der Waals surface area contributed by atoms with Gasteiger partial charge in [-0.15, -0.1) is 0 Å². The fourth-order valence-electron chi connectivity index (χ4n) is 0.972. The van der Waals surface area contributed by atoms with E-state index in [9.17, 15) is 17.2 Å². The number of hydrogen-bond donors (Lipinski definition) is 2. The standard InChI is InChI=1S/C7H6F2N4O2S/c8-6(9)4-1-3(2-10)5(11)7(13-4)16(12,14)15/h1,6H,11H2,(H2,12,14,15). The normalized spacial score (nSPS) is 11.4. The van der Waals surface area contributed by atoms with Crippen LogP contribution in [0.3, 0.4) is 0 Å². The minimum absolute atomic E-state index is 0.408. The highest BCUT2D eigenvalue weighted by molar-refractivity contribution is 7.89. The maximum absolute atomic E-state index is 12.3. The summed E-state index contributed by atoms with van der Waals surface area (Å²) in [6.45, 7) is 0. The van der Waals surface area contributed by atoms with Crippen LogP contribution in [0.4, 0.5) is 14.5 Å². The molecular weight excluding hydrogens is 242 g/mol. The van der Waals surface area contributed by atoms with Gasteiger partial charge in [-0.25, -0.2) is 27.3 Å². The number of nitriles is 1. The van der Waals surface area contributed by atoms with Crippen LogP contribution < -0.4 is 10.9 Å². The molecule has 0 aliphatic carbocycles. The van der Waals surface area contributed by atoms with Crippen LogP contribution in [-0.4, -0.2) is 13.4 Å². The molecule has 0 saturated heterocycles. The van der Waals surface area contributed by atoms with Gasteiger partial charge in [-0.05, 0) is 6.07 Å². The number of sulfonamides is 1. The van der Waals surface area contributed by atoms with E-state index in [1.165, 1.54) is 6.07 Å². The van der Waals surface area contributed by atoms with Crippen molar-refractivity contribution in [2.45, 2.75) is 11.5 Å². The molecule has 1 aromatic heterocycles. The molecule has 0 spiro atoms. The van der Waals surface area contributed by atoms with Crippen molar-refractivity contribution in [1.82, 2.24) is 4.98 Å². The van der Waals surface area contributed by atoms with Crippen LogP contribution in [0.15, 0.2) is 11.1 Å². The first-order valence-corrected chi connectivity index (χ1v) is 5.33. The minimum atomic E-state index is -4.34. The number of pyridine rings is 1. The molecule has 0 saturated carbocycles. The average Bonchev–Trinajstić information content (AvgIpc) is 2.15. The number of aromatic nitrogens is 1. The van der Waals surface area contributed by atoms with Gasteiger partial charge in [0.2, 0.25) is 0 Å². The summed E-state index contributed by atoms with van der Waals surface area (Å²) in [6.07, 6.45) is -3.02. The van der Waals surface area contributed by atoms with Gasteiger partial charge in [-0.2, -0.15) is 5.26 Å². The van der Waals surface area contributed by atoms with Crippen LogP contribution in [0.1, 0.15) is 17.7 Å². The Labute approximate surface area is 89.5 Å². The fourth-order valence-corrected chi connectivity index (χ4v) is 1.62. The number of nitrogens with zero attached hydrogens (tertiary/aromatic N) is 2. The second-order valence-electron chi connectivity index (χ2n) is 2.77. The molecule has 0 bridgehead atoms. The van der Waals surface area contributed by atoms with Gasteiger partial charge >= 0.3 is 0 Å². The number of primary sulfonamides is 1. The van der Waals surface area contributed by atoms with E-state index in [4.69, 9.17) is 16.1 Å². The molecule has 0 unspecified atom stereocenters. The van der Waals surface area contributed by atoms with Gasteiger partial charge in [0.25, 0.3) is 16.4 Å². The summed E-state index contributed by atoms with van der Waals surface area (Å²) in [5.74, 6) is 0. The second kappa shape index (κ2) is 3.99. The van der Waals surface area contributed by atoms with Crippen LogP contribution in [0, 0.1) is 11.3 Å². The Morgan fingerprint density at radius 2 is 2.06 bits per heavy atom. The van der Waals surface area contributed by atoms with E-state index in [0.29, 0.717) is 6.07 Å². The van der Waals surface area contributed by atoms with Gasteiger partial charge < -0.3 is 5.73 Å². The zero-order chi connectivity index (χ0) is 12.5. The highest BCUT2D eigenvalue weighted by Gasteiger charge is 2.22. The van der Waals surface area contributed by atoms with Crippen LogP contribution in [0.5, 0.6) is 0 Å². The third-order valence-corrected chi connectivity index (χ3v) is 2.51. The SMILES string of the molecule is N#Cc1cc(C(F)F)nc(S(N)(=O)=O)c1N. The number of rotatable bonds is 2. The van der Waals surface area contributed by atoms with Crippen molar-refractivity contribution in [2.75, 3.05) is 5.73 Å². The third kappa shape index (κ3) is 2.23. The van der Waals surface area contributed by atoms with E-state index in [2.05, 4.69) is 4.98 Å². The number of anilines is 1. The molecule has 0 amide bonds. The largest absolute Gasteiger partial charge is 0.395 e. The molecule has 0 radical (unpaired) electrons. The quantitative estimate of drug-likeness (QED) is 0.769. The van der Waals surface area contributed by atoms with Crippen molar-refractivity contribution in [3.8, 4) is 6.07 Å². The summed E-state index contributed by atoms with van der Waals surface area (Å²) in [4.78, 5) is 3.11. The van der Waals surface area contributed by atoms with Crippen LogP contribution in [0.2, 0.25) is 0 Å². The number of hydrogen-bond acceptors (Lipinski definition) is 5. The van der Waals surface area contributed by atoms with Crippen LogP contribution in [0.25, 0.3) is 0 Å². The molecule has 4 N–H and O–H groups in total. The minimum Gasteiger partial charge on any atom is -0.395 e. The van der Waals surface area contributed by atoms with Crippen molar-refractivity contribution < 1.29 is 17.2 Å². The van der Waals surface area contributed by atoms with E-state index >= 15 is 0 Å². The van der Waals surface area contributed by atoms with Crippen molar-refractivity contribution in [2.24, 2.45) is 5.14 Å². The Morgan fingerprint density at radius 1 is 1.50 bits per heavy atom. The molecule has 0 aliphatic heterocycles.